The molecule has 1 aliphatic heterocycles. The normalized spacial score (nSPS) is 21.1. The molecule has 1 aromatic carbocycles. The molecular weight excluding hydrogens is 212 g/mol. The number of halogens is 1. The van der Waals surface area contributed by atoms with Gasteiger partial charge in [0.1, 0.15) is 0 Å². The van der Waals surface area contributed by atoms with E-state index in [2.05, 4.69) is 11.0 Å². The monoisotopic (exact) mass is 222 g/mol. The Hall–Kier alpha value is -1.24. The summed E-state index contributed by atoms with van der Waals surface area (Å²) in [7, 11) is 0. The predicted molar refractivity (Wildman–Crippen MR) is 59.0 cm³/mol. The molecule has 1 atom stereocenters. The highest BCUT2D eigenvalue weighted by atomic mass is 35.5. The Morgan fingerprint density at radius 2 is 2.27 bits per heavy atom. The van der Waals surface area contributed by atoms with Gasteiger partial charge in [0.05, 0.1) is 29.9 Å². The number of anilines is 1. The third-order valence-corrected chi connectivity index (χ3v) is 2.72. The highest BCUT2D eigenvalue weighted by Gasteiger charge is 2.21. The SMILES string of the molecule is N#CC1CN(c2ccccc2Cl)CCO1. The molecule has 0 aliphatic carbocycles. The largest absolute Gasteiger partial charge is 0.364 e. The molecule has 4 heteroatoms. The van der Waals surface area contributed by atoms with Crippen molar-refractivity contribution >= 4 is 17.3 Å². The first-order chi connectivity index (χ1) is 7.31. The van der Waals surface area contributed by atoms with Gasteiger partial charge in [-0.2, -0.15) is 5.26 Å². The van der Waals surface area contributed by atoms with Gasteiger partial charge in [-0.3, -0.25) is 0 Å². The van der Waals surface area contributed by atoms with Gasteiger partial charge in [-0.1, -0.05) is 23.7 Å². The van der Waals surface area contributed by atoms with Crippen molar-refractivity contribution < 1.29 is 4.74 Å². The first-order valence-corrected chi connectivity index (χ1v) is 5.20. The second-order valence-corrected chi connectivity index (χ2v) is 3.79. The highest BCUT2D eigenvalue weighted by molar-refractivity contribution is 6.33. The average Bonchev–Trinajstić information content (AvgIpc) is 2.30. The van der Waals surface area contributed by atoms with Crippen LogP contribution in [0.5, 0.6) is 0 Å². The molecule has 0 bridgehead atoms. The summed E-state index contributed by atoms with van der Waals surface area (Å²) < 4.78 is 5.27. The minimum Gasteiger partial charge on any atom is -0.364 e. The fourth-order valence-corrected chi connectivity index (χ4v) is 1.91. The Morgan fingerprint density at radius 1 is 1.47 bits per heavy atom. The number of rotatable bonds is 1. The number of ether oxygens (including phenoxy) is 1. The second kappa shape index (κ2) is 4.52. The van der Waals surface area contributed by atoms with Crippen molar-refractivity contribution in [3.8, 4) is 6.07 Å². The lowest BCUT2D eigenvalue weighted by atomic mass is 10.2. The Kier molecular flexibility index (Phi) is 3.10. The van der Waals surface area contributed by atoms with Crippen molar-refractivity contribution in [2.45, 2.75) is 6.10 Å². The van der Waals surface area contributed by atoms with E-state index in [1.165, 1.54) is 0 Å². The van der Waals surface area contributed by atoms with Crippen LogP contribution in [0, 0.1) is 11.3 Å². The smallest absolute Gasteiger partial charge is 0.161 e. The molecule has 0 saturated carbocycles. The van der Waals surface area contributed by atoms with E-state index in [1.807, 2.05) is 24.3 Å². The van der Waals surface area contributed by atoms with E-state index >= 15 is 0 Å². The van der Waals surface area contributed by atoms with Crippen molar-refractivity contribution in [3.63, 3.8) is 0 Å². The summed E-state index contributed by atoms with van der Waals surface area (Å²) in [6.45, 7) is 1.94. The van der Waals surface area contributed by atoms with E-state index in [9.17, 15) is 0 Å². The molecule has 1 heterocycles. The van der Waals surface area contributed by atoms with Crippen LogP contribution in [0.1, 0.15) is 0 Å². The van der Waals surface area contributed by atoms with Gasteiger partial charge in [-0.25, -0.2) is 0 Å². The van der Waals surface area contributed by atoms with Gasteiger partial charge >= 0.3 is 0 Å². The Balaban J connectivity index is 2.18. The van der Waals surface area contributed by atoms with Gasteiger partial charge in [0.15, 0.2) is 6.10 Å². The summed E-state index contributed by atoms with van der Waals surface area (Å²) in [6.07, 6.45) is -0.352. The second-order valence-electron chi connectivity index (χ2n) is 3.39. The van der Waals surface area contributed by atoms with Crippen LogP contribution in [0.25, 0.3) is 0 Å². The van der Waals surface area contributed by atoms with E-state index in [4.69, 9.17) is 21.6 Å². The Morgan fingerprint density at radius 3 is 3.00 bits per heavy atom. The van der Waals surface area contributed by atoms with Crippen LogP contribution >= 0.6 is 11.6 Å². The number of hydrogen-bond acceptors (Lipinski definition) is 3. The Labute approximate surface area is 93.8 Å². The first-order valence-electron chi connectivity index (χ1n) is 4.82. The molecule has 3 nitrogen and oxygen atoms in total. The molecule has 2 rings (SSSR count). The maximum atomic E-state index is 8.79. The quantitative estimate of drug-likeness (QED) is 0.730. The molecule has 0 radical (unpaired) electrons. The van der Waals surface area contributed by atoms with Gasteiger partial charge < -0.3 is 9.64 Å². The minimum absolute atomic E-state index is 0.352. The van der Waals surface area contributed by atoms with Gasteiger partial charge in [0.2, 0.25) is 0 Å². The van der Waals surface area contributed by atoms with Crippen molar-refractivity contribution in [1.82, 2.24) is 0 Å². The summed E-state index contributed by atoms with van der Waals surface area (Å²) >= 11 is 6.08. The zero-order chi connectivity index (χ0) is 10.7. The van der Waals surface area contributed by atoms with Crippen LogP contribution in [0.2, 0.25) is 5.02 Å². The van der Waals surface area contributed by atoms with Crippen LogP contribution < -0.4 is 4.90 Å². The molecule has 78 valence electrons. The molecule has 15 heavy (non-hydrogen) atoms. The number of nitriles is 1. The number of para-hydroxylation sites is 1. The predicted octanol–water partition coefficient (Wildman–Crippen LogP) is 2.07. The van der Waals surface area contributed by atoms with Crippen LogP contribution in [-0.4, -0.2) is 25.8 Å². The zero-order valence-electron chi connectivity index (χ0n) is 8.19. The van der Waals surface area contributed by atoms with E-state index in [0.29, 0.717) is 13.2 Å². The third kappa shape index (κ3) is 2.23. The van der Waals surface area contributed by atoms with E-state index in [0.717, 1.165) is 17.3 Å². The molecule has 0 amide bonds. The maximum absolute atomic E-state index is 8.79. The molecule has 0 N–H and O–H groups in total. The van der Waals surface area contributed by atoms with Crippen LogP contribution in [0.4, 0.5) is 5.69 Å². The minimum atomic E-state index is -0.352. The summed E-state index contributed by atoms with van der Waals surface area (Å²) in [4.78, 5) is 2.08. The fourth-order valence-electron chi connectivity index (χ4n) is 1.65. The van der Waals surface area contributed by atoms with Crippen LogP contribution in [-0.2, 0) is 4.74 Å². The third-order valence-electron chi connectivity index (χ3n) is 2.40. The van der Waals surface area contributed by atoms with Gasteiger partial charge in [0, 0.05) is 6.54 Å². The summed E-state index contributed by atoms with van der Waals surface area (Å²) in [6, 6.07) is 9.77. The van der Waals surface area contributed by atoms with Crippen molar-refractivity contribution in [1.29, 1.82) is 5.26 Å². The van der Waals surface area contributed by atoms with Gasteiger partial charge in [0.25, 0.3) is 0 Å². The highest BCUT2D eigenvalue weighted by Crippen LogP contribution is 2.26. The molecule has 1 aliphatic rings. The Bertz CT molecular complexity index is 388. The summed E-state index contributed by atoms with van der Waals surface area (Å²) in [5.74, 6) is 0. The molecule has 1 saturated heterocycles. The maximum Gasteiger partial charge on any atom is 0.161 e. The number of morpholine rings is 1. The van der Waals surface area contributed by atoms with Gasteiger partial charge in [-0.15, -0.1) is 0 Å². The number of nitrogens with zero attached hydrogens (tertiary/aromatic N) is 2. The lowest BCUT2D eigenvalue weighted by molar-refractivity contribution is 0.0764. The van der Waals surface area contributed by atoms with Crippen molar-refractivity contribution in [2.75, 3.05) is 24.6 Å². The van der Waals surface area contributed by atoms with Crippen molar-refractivity contribution in [3.05, 3.63) is 29.3 Å². The first kappa shape index (κ1) is 10.3. The standard InChI is InChI=1S/C11H11ClN2O/c12-10-3-1-2-4-11(10)14-5-6-15-9(7-13)8-14/h1-4,9H,5-6,8H2. The lowest BCUT2D eigenvalue weighted by Crippen LogP contribution is -2.41. The van der Waals surface area contributed by atoms with Crippen LogP contribution in [0.3, 0.4) is 0 Å². The zero-order valence-corrected chi connectivity index (χ0v) is 8.94. The summed E-state index contributed by atoms with van der Waals surface area (Å²) in [5, 5.41) is 9.51. The lowest BCUT2D eigenvalue weighted by Gasteiger charge is -2.32. The number of hydrogen-bond donors (Lipinski definition) is 0. The van der Waals surface area contributed by atoms with Gasteiger partial charge in [-0.05, 0) is 12.1 Å². The topological polar surface area (TPSA) is 36.3 Å². The summed E-state index contributed by atoms with van der Waals surface area (Å²) in [5.41, 5.74) is 0.975. The average molecular weight is 223 g/mol. The van der Waals surface area contributed by atoms with E-state index < -0.39 is 0 Å². The van der Waals surface area contributed by atoms with Crippen LogP contribution in [0.15, 0.2) is 24.3 Å². The van der Waals surface area contributed by atoms with E-state index in [1.54, 1.807) is 0 Å². The molecule has 0 spiro atoms. The fraction of sp³-hybridized carbons (Fsp3) is 0.364. The molecule has 0 aromatic heterocycles. The van der Waals surface area contributed by atoms with Crippen molar-refractivity contribution in [2.24, 2.45) is 0 Å². The molecule has 1 aromatic rings. The number of benzene rings is 1. The molecule has 1 fully saturated rings. The molecule has 1 unspecified atom stereocenters. The molecular formula is C11H11ClN2O. The van der Waals surface area contributed by atoms with E-state index in [-0.39, 0.29) is 6.10 Å².